The van der Waals surface area contributed by atoms with Crippen LogP contribution in [0.3, 0.4) is 0 Å². The summed E-state index contributed by atoms with van der Waals surface area (Å²) in [7, 11) is -0.304. The molecular weight excluding hydrogens is 568 g/mol. The van der Waals surface area contributed by atoms with Crippen molar-refractivity contribution in [3.05, 3.63) is 90.0 Å². The molecule has 1 saturated heterocycles. The second-order valence-corrected chi connectivity index (χ2v) is 12.9. The predicted octanol–water partition coefficient (Wildman–Crippen LogP) is 4.20. The zero-order valence-electron chi connectivity index (χ0n) is 25.2. The molecule has 0 aromatic heterocycles. The monoisotopic (exact) mass is 610 g/mol. The summed E-state index contributed by atoms with van der Waals surface area (Å²) in [5, 5.41) is 3.35. The third kappa shape index (κ3) is 8.79. The number of nitrogens with zero attached hydrogens (tertiary/aromatic N) is 1. The van der Waals surface area contributed by atoms with Crippen molar-refractivity contribution in [3.8, 4) is 11.5 Å². The topological polar surface area (TPSA) is 103 Å². The fourth-order valence-electron chi connectivity index (χ4n) is 5.39. The maximum Gasteiger partial charge on any atom is 0.265 e. The lowest BCUT2D eigenvalue weighted by molar-refractivity contribution is -0.121. The minimum absolute atomic E-state index is 0.0451. The zero-order chi connectivity index (χ0) is 30.7. The van der Waals surface area contributed by atoms with Gasteiger partial charge < -0.3 is 29.2 Å². The molecule has 2 aliphatic rings. The van der Waals surface area contributed by atoms with Crippen LogP contribution in [0.5, 0.6) is 11.5 Å². The van der Waals surface area contributed by atoms with E-state index in [2.05, 4.69) is 5.32 Å². The van der Waals surface area contributed by atoms with E-state index in [1.54, 1.807) is 37.3 Å². The summed E-state index contributed by atoms with van der Waals surface area (Å²) in [5.74, 6) is 0.810. The Balaban J connectivity index is 0.000000628. The molecule has 10 heteroatoms. The Kier molecular flexibility index (Phi) is 11.6. The lowest BCUT2D eigenvalue weighted by Gasteiger charge is -2.40. The van der Waals surface area contributed by atoms with E-state index < -0.39 is 15.4 Å². The lowest BCUT2D eigenvalue weighted by atomic mass is 9.86. The molecule has 2 heterocycles. The summed E-state index contributed by atoms with van der Waals surface area (Å²) in [5.41, 5.74) is 0.624. The fourth-order valence-corrected chi connectivity index (χ4v) is 6.53. The summed E-state index contributed by atoms with van der Waals surface area (Å²) in [4.78, 5) is 14.5. The molecule has 1 N–H and O–H groups in total. The fraction of sp³-hybridized carbons (Fsp3) is 0.424. The molecule has 1 fully saturated rings. The maximum atomic E-state index is 12.9. The van der Waals surface area contributed by atoms with Gasteiger partial charge in [-0.2, -0.15) is 0 Å². The van der Waals surface area contributed by atoms with Gasteiger partial charge in [-0.1, -0.05) is 54.6 Å². The minimum atomic E-state index is -3.51. The summed E-state index contributed by atoms with van der Waals surface area (Å²) < 4.78 is 48.9. The Hall–Kier alpha value is -3.44. The van der Waals surface area contributed by atoms with Gasteiger partial charge >= 0.3 is 0 Å². The molecule has 9 nitrogen and oxygen atoms in total. The second kappa shape index (κ2) is 15.3. The minimum Gasteiger partial charge on any atom is -0.497 e. The van der Waals surface area contributed by atoms with Gasteiger partial charge in [0.2, 0.25) is 0 Å². The van der Waals surface area contributed by atoms with Gasteiger partial charge in [-0.3, -0.25) is 4.79 Å². The van der Waals surface area contributed by atoms with E-state index in [1.165, 1.54) is 6.26 Å². The average Bonchev–Trinajstić information content (AvgIpc) is 3.02. The summed E-state index contributed by atoms with van der Waals surface area (Å²) in [6, 6.07) is 24.8. The Bertz CT molecular complexity index is 1380. The standard InChI is InChI=1S/C27H36N2O7S.C6H6/c1-33-15-5-14-29-24-16-21(9-12-25(24)35-18-26(29)30)27(19-37(3,31)32,36-23-6-4-13-28-17-23)20-7-10-22(34-2)11-8-20;1-2-4-6-5-3-1/h7-12,16,23,28H,4-6,13-15,17-19H2,1-3H3;1-6H/t23-,27?;/m1./s1. The predicted molar refractivity (Wildman–Crippen MR) is 168 cm³/mol. The summed E-state index contributed by atoms with van der Waals surface area (Å²) in [6.45, 7) is 2.45. The van der Waals surface area contributed by atoms with Crippen molar-refractivity contribution in [1.82, 2.24) is 5.32 Å². The molecule has 5 rings (SSSR count). The van der Waals surface area contributed by atoms with E-state index in [9.17, 15) is 13.2 Å². The number of anilines is 1. The normalized spacial score (nSPS) is 18.0. The van der Waals surface area contributed by atoms with Crippen molar-refractivity contribution >= 4 is 21.4 Å². The van der Waals surface area contributed by atoms with Gasteiger partial charge in [0.25, 0.3) is 5.91 Å². The molecule has 0 spiro atoms. The molecule has 43 heavy (non-hydrogen) atoms. The number of fused-ring (bicyclic) bond motifs is 1. The Morgan fingerprint density at radius 3 is 2.26 bits per heavy atom. The number of benzene rings is 3. The molecule has 232 valence electrons. The van der Waals surface area contributed by atoms with E-state index in [-0.39, 0.29) is 24.4 Å². The SMILES string of the molecule is COCCCN1C(=O)COc2ccc(C(CS(C)(=O)=O)(O[C@@H]3CCCNC3)c3ccc(OC)cc3)cc21.c1ccccc1. The number of amides is 1. The number of nitrogens with one attached hydrogen (secondary N) is 1. The van der Waals surface area contributed by atoms with Crippen molar-refractivity contribution in [2.75, 3.05) is 64.0 Å². The third-order valence-corrected chi connectivity index (χ3v) is 8.34. The molecular formula is C33H42N2O7S. The van der Waals surface area contributed by atoms with Crippen LogP contribution in [0.25, 0.3) is 0 Å². The van der Waals surface area contributed by atoms with Gasteiger partial charge in [0, 0.05) is 33.1 Å². The Morgan fingerprint density at radius 1 is 1.00 bits per heavy atom. The average molecular weight is 611 g/mol. The van der Waals surface area contributed by atoms with Crippen LogP contribution in [-0.2, 0) is 29.7 Å². The van der Waals surface area contributed by atoms with Crippen molar-refractivity contribution in [2.45, 2.75) is 31.0 Å². The number of hydrogen-bond donors (Lipinski definition) is 1. The van der Waals surface area contributed by atoms with Gasteiger partial charge in [-0.05, 0) is 61.2 Å². The van der Waals surface area contributed by atoms with Crippen LogP contribution in [0, 0.1) is 0 Å². The van der Waals surface area contributed by atoms with Crippen LogP contribution in [-0.4, -0.2) is 79.5 Å². The van der Waals surface area contributed by atoms with Gasteiger partial charge in [0.1, 0.15) is 17.1 Å². The highest BCUT2D eigenvalue weighted by molar-refractivity contribution is 7.90. The molecule has 2 aliphatic heterocycles. The Morgan fingerprint density at radius 2 is 1.67 bits per heavy atom. The highest BCUT2D eigenvalue weighted by Gasteiger charge is 2.42. The highest BCUT2D eigenvalue weighted by atomic mass is 32.2. The number of ether oxygens (including phenoxy) is 4. The van der Waals surface area contributed by atoms with Crippen molar-refractivity contribution in [2.24, 2.45) is 0 Å². The molecule has 0 bridgehead atoms. The number of carbonyl (C=O) groups excluding carboxylic acids is 1. The molecule has 2 atom stereocenters. The van der Waals surface area contributed by atoms with Crippen LogP contribution < -0.4 is 19.7 Å². The molecule has 0 saturated carbocycles. The summed E-state index contributed by atoms with van der Waals surface area (Å²) >= 11 is 0. The molecule has 0 aliphatic carbocycles. The van der Waals surface area contributed by atoms with E-state index in [0.29, 0.717) is 54.4 Å². The molecule has 3 aromatic carbocycles. The quantitative estimate of drug-likeness (QED) is 0.323. The van der Waals surface area contributed by atoms with Crippen molar-refractivity contribution in [1.29, 1.82) is 0 Å². The number of rotatable bonds is 11. The number of methoxy groups -OCH3 is 2. The van der Waals surface area contributed by atoms with Gasteiger partial charge in [-0.25, -0.2) is 8.42 Å². The van der Waals surface area contributed by atoms with E-state index in [1.807, 2.05) is 60.7 Å². The van der Waals surface area contributed by atoms with Gasteiger partial charge in [-0.15, -0.1) is 0 Å². The number of carbonyl (C=O) groups is 1. The lowest BCUT2D eigenvalue weighted by Crippen LogP contribution is -2.46. The molecule has 0 radical (unpaired) electrons. The first-order valence-corrected chi connectivity index (χ1v) is 16.6. The first-order valence-electron chi connectivity index (χ1n) is 14.5. The van der Waals surface area contributed by atoms with Crippen molar-refractivity contribution < 1.29 is 32.2 Å². The largest absolute Gasteiger partial charge is 0.497 e. The van der Waals surface area contributed by atoms with Crippen LogP contribution in [0.2, 0.25) is 0 Å². The van der Waals surface area contributed by atoms with E-state index in [0.717, 1.165) is 19.4 Å². The third-order valence-electron chi connectivity index (χ3n) is 7.41. The number of sulfone groups is 1. The number of hydrogen-bond acceptors (Lipinski definition) is 8. The first-order chi connectivity index (χ1) is 20.8. The molecule has 1 unspecified atom stereocenters. The van der Waals surface area contributed by atoms with Crippen LogP contribution in [0.1, 0.15) is 30.4 Å². The van der Waals surface area contributed by atoms with Crippen LogP contribution in [0.4, 0.5) is 5.69 Å². The van der Waals surface area contributed by atoms with Crippen LogP contribution in [0.15, 0.2) is 78.9 Å². The second-order valence-electron chi connectivity index (χ2n) is 10.7. The zero-order valence-corrected chi connectivity index (χ0v) is 26.0. The van der Waals surface area contributed by atoms with Gasteiger partial charge in [0.05, 0.1) is 24.7 Å². The van der Waals surface area contributed by atoms with E-state index in [4.69, 9.17) is 18.9 Å². The number of piperidine rings is 1. The maximum absolute atomic E-state index is 12.9. The molecule has 1 amide bonds. The Labute approximate surface area is 255 Å². The first kappa shape index (κ1) is 32.5. The van der Waals surface area contributed by atoms with E-state index >= 15 is 0 Å². The van der Waals surface area contributed by atoms with Crippen LogP contribution >= 0.6 is 0 Å². The highest BCUT2D eigenvalue weighted by Crippen LogP contribution is 2.42. The van der Waals surface area contributed by atoms with Crippen molar-refractivity contribution in [3.63, 3.8) is 0 Å². The molecule has 3 aromatic rings. The smallest absolute Gasteiger partial charge is 0.265 e. The summed E-state index contributed by atoms with van der Waals surface area (Å²) in [6.07, 6.45) is 3.43. The van der Waals surface area contributed by atoms with Gasteiger partial charge in [0.15, 0.2) is 16.4 Å².